The van der Waals surface area contributed by atoms with Crippen LogP contribution >= 0.6 is 0 Å². The van der Waals surface area contributed by atoms with E-state index in [1.807, 2.05) is 0 Å². The predicted octanol–water partition coefficient (Wildman–Crippen LogP) is 4.28. The van der Waals surface area contributed by atoms with Gasteiger partial charge in [0.15, 0.2) is 0 Å². The molecule has 0 aliphatic heterocycles. The fourth-order valence-corrected chi connectivity index (χ4v) is 2.48. The van der Waals surface area contributed by atoms with Crippen molar-refractivity contribution in [2.45, 2.75) is 13.8 Å². The van der Waals surface area contributed by atoms with Crippen LogP contribution in [-0.4, -0.2) is 47.8 Å². The molecule has 12 heteroatoms. The molecule has 32 heavy (non-hydrogen) atoms. The summed E-state index contributed by atoms with van der Waals surface area (Å²) < 4.78 is 9.88. The van der Waals surface area contributed by atoms with Crippen molar-refractivity contribution < 1.29 is 38.9 Å². The summed E-state index contributed by atoms with van der Waals surface area (Å²) in [6, 6.07) is 9.20. The van der Waals surface area contributed by atoms with Gasteiger partial charge in [-0.3, -0.25) is 21.3 Å². The minimum absolute atomic E-state index is 0.231. The second-order valence-electron chi connectivity index (χ2n) is 6.44. The van der Waals surface area contributed by atoms with Crippen molar-refractivity contribution in [2.24, 2.45) is 0 Å². The molecule has 0 fully saturated rings. The van der Waals surface area contributed by atoms with Gasteiger partial charge in [0.05, 0.1) is 0 Å². The van der Waals surface area contributed by atoms with Crippen LogP contribution in [0.4, 0.5) is 41.9 Å². The average Bonchev–Trinajstić information content (AvgIpc) is 2.69. The number of aryl methyl sites for hydroxylation is 2. The van der Waals surface area contributed by atoms with Gasteiger partial charge in [-0.1, -0.05) is 12.1 Å². The number of carboxylic acid groups (broad SMARTS) is 2. The van der Waals surface area contributed by atoms with Crippen molar-refractivity contribution in [3.8, 4) is 0 Å². The molecule has 2 aromatic carbocycles. The van der Waals surface area contributed by atoms with Gasteiger partial charge in [0, 0.05) is 22.7 Å². The molecular formula is C20H22N4O8. The fourth-order valence-electron chi connectivity index (χ4n) is 2.48. The SMILES string of the molecule is Cc1ccc(NC(=O)O)cc1NC(=O)OCCOC(=O)Nc1cc(NC(=O)O)ccc1C. The first kappa shape index (κ1) is 23.8. The minimum atomic E-state index is -1.24. The predicted molar refractivity (Wildman–Crippen MR) is 116 cm³/mol. The van der Waals surface area contributed by atoms with Gasteiger partial charge in [0.25, 0.3) is 0 Å². The number of carbonyl (C=O) groups excluding carboxylic acids is 2. The van der Waals surface area contributed by atoms with E-state index >= 15 is 0 Å². The number of rotatable bonds is 7. The third-order valence-corrected chi connectivity index (χ3v) is 4.00. The monoisotopic (exact) mass is 446 g/mol. The Labute approximate surface area is 182 Å². The number of carbonyl (C=O) groups is 4. The minimum Gasteiger partial charge on any atom is -0.465 e. The van der Waals surface area contributed by atoms with Crippen LogP contribution in [0.5, 0.6) is 0 Å². The number of amides is 4. The number of anilines is 4. The van der Waals surface area contributed by atoms with Gasteiger partial charge < -0.3 is 19.7 Å². The number of nitrogens with one attached hydrogen (secondary N) is 4. The summed E-state index contributed by atoms with van der Waals surface area (Å²) in [6.45, 7) is 2.98. The Hall–Kier alpha value is -4.48. The molecule has 0 saturated heterocycles. The highest BCUT2D eigenvalue weighted by molar-refractivity contribution is 5.90. The summed E-state index contributed by atoms with van der Waals surface area (Å²) >= 11 is 0. The molecule has 0 atom stereocenters. The van der Waals surface area contributed by atoms with E-state index in [1.165, 1.54) is 12.1 Å². The molecule has 0 aliphatic carbocycles. The Morgan fingerprint density at radius 3 is 1.41 bits per heavy atom. The van der Waals surface area contributed by atoms with E-state index in [9.17, 15) is 19.2 Å². The second kappa shape index (κ2) is 11.1. The molecule has 0 heterocycles. The lowest BCUT2D eigenvalue weighted by atomic mass is 10.2. The molecule has 0 aromatic heterocycles. The van der Waals surface area contributed by atoms with Crippen LogP contribution < -0.4 is 21.3 Å². The van der Waals surface area contributed by atoms with Gasteiger partial charge in [-0.2, -0.15) is 0 Å². The zero-order valence-corrected chi connectivity index (χ0v) is 17.2. The van der Waals surface area contributed by atoms with Crippen LogP contribution in [0, 0.1) is 13.8 Å². The number of ether oxygens (including phenoxy) is 2. The van der Waals surface area contributed by atoms with Crippen molar-refractivity contribution in [3.63, 3.8) is 0 Å². The molecule has 0 saturated carbocycles. The van der Waals surface area contributed by atoms with Crippen molar-refractivity contribution in [1.29, 1.82) is 0 Å². The fraction of sp³-hybridized carbons (Fsp3) is 0.200. The smallest absolute Gasteiger partial charge is 0.411 e. The maximum atomic E-state index is 11.9. The van der Waals surface area contributed by atoms with Crippen LogP contribution in [0.2, 0.25) is 0 Å². The third kappa shape index (κ3) is 7.74. The lowest BCUT2D eigenvalue weighted by Gasteiger charge is -2.12. The van der Waals surface area contributed by atoms with Crippen molar-refractivity contribution in [2.75, 3.05) is 34.5 Å². The highest BCUT2D eigenvalue weighted by Gasteiger charge is 2.10. The molecule has 6 N–H and O–H groups in total. The number of hydrogen-bond acceptors (Lipinski definition) is 6. The Balaban J connectivity index is 1.79. The lowest BCUT2D eigenvalue weighted by molar-refractivity contribution is 0.110. The van der Waals surface area contributed by atoms with Gasteiger partial charge in [0.1, 0.15) is 13.2 Å². The first-order valence-electron chi connectivity index (χ1n) is 9.23. The van der Waals surface area contributed by atoms with Crippen molar-refractivity contribution >= 4 is 47.1 Å². The van der Waals surface area contributed by atoms with Gasteiger partial charge >= 0.3 is 24.4 Å². The van der Waals surface area contributed by atoms with Gasteiger partial charge in [0.2, 0.25) is 0 Å². The number of hydrogen-bond donors (Lipinski definition) is 6. The van der Waals surface area contributed by atoms with Crippen LogP contribution in [0.3, 0.4) is 0 Å². The Morgan fingerprint density at radius 1 is 0.688 bits per heavy atom. The summed E-state index contributed by atoms with van der Waals surface area (Å²) in [6.07, 6.45) is -4.10. The summed E-state index contributed by atoms with van der Waals surface area (Å²) in [5.41, 5.74) is 2.62. The molecule has 0 radical (unpaired) electrons. The number of benzene rings is 2. The van der Waals surface area contributed by atoms with E-state index in [0.29, 0.717) is 22.5 Å². The van der Waals surface area contributed by atoms with Crippen molar-refractivity contribution in [1.82, 2.24) is 0 Å². The lowest BCUT2D eigenvalue weighted by Crippen LogP contribution is -2.21. The van der Waals surface area contributed by atoms with Crippen LogP contribution in [0.25, 0.3) is 0 Å². The normalized spacial score (nSPS) is 9.94. The maximum absolute atomic E-state index is 11.9. The van der Waals surface area contributed by atoms with Gasteiger partial charge in [-0.25, -0.2) is 19.2 Å². The largest absolute Gasteiger partial charge is 0.465 e. The topological polar surface area (TPSA) is 175 Å². The highest BCUT2D eigenvalue weighted by atomic mass is 16.6. The molecule has 4 amide bonds. The van der Waals surface area contributed by atoms with Crippen molar-refractivity contribution in [3.05, 3.63) is 47.5 Å². The van der Waals surface area contributed by atoms with Crippen LogP contribution in [-0.2, 0) is 9.47 Å². The molecule has 0 bridgehead atoms. The Bertz CT molecular complexity index is 943. The zero-order chi connectivity index (χ0) is 23.7. The average molecular weight is 446 g/mol. The maximum Gasteiger partial charge on any atom is 0.411 e. The molecular weight excluding hydrogens is 424 g/mol. The molecule has 0 unspecified atom stereocenters. The zero-order valence-electron chi connectivity index (χ0n) is 17.2. The summed E-state index contributed by atoms with van der Waals surface area (Å²) in [4.78, 5) is 45.3. The van der Waals surface area contributed by atoms with E-state index in [1.54, 1.807) is 38.1 Å². The summed E-state index contributed by atoms with van der Waals surface area (Å²) in [5.74, 6) is 0. The Morgan fingerprint density at radius 2 is 1.06 bits per heavy atom. The van der Waals surface area contributed by atoms with E-state index in [0.717, 1.165) is 0 Å². The molecule has 2 aromatic rings. The molecule has 0 aliphatic rings. The third-order valence-electron chi connectivity index (χ3n) is 4.00. The summed E-state index contributed by atoms with van der Waals surface area (Å²) in [5, 5.41) is 26.8. The van der Waals surface area contributed by atoms with Crippen LogP contribution in [0.1, 0.15) is 11.1 Å². The van der Waals surface area contributed by atoms with Crippen LogP contribution in [0.15, 0.2) is 36.4 Å². The van der Waals surface area contributed by atoms with Gasteiger partial charge in [-0.15, -0.1) is 0 Å². The van der Waals surface area contributed by atoms with E-state index in [2.05, 4.69) is 21.3 Å². The molecule has 2 rings (SSSR count). The van der Waals surface area contributed by atoms with E-state index < -0.39 is 24.4 Å². The van der Waals surface area contributed by atoms with Gasteiger partial charge in [-0.05, 0) is 49.2 Å². The second-order valence-corrected chi connectivity index (χ2v) is 6.44. The first-order valence-corrected chi connectivity index (χ1v) is 9.23. The van der Waals surface area contributed by atoms with E-state index in [-0.39, 0.29) is 24.6 Å². The molecule has 12 nitrogen and oxygen atoms in total. The molecule has 170 valence electrons. The van der Waals surface area contributed by atoms with E-state index in [4.69, 9.17) is 19.7 Å². The first-order chi connectivity index (χ1) is 15.1. The standard InChI is InChI=1S/C20H22N4O8/c1-11-3-5-13(21-17(25)26)9-15(11)23-19(29)31-7-8-32-20(30)24-16-10-14(22-18(27)28)6-4-12(16)2/h3-6,9-10,21-22H,7-8H2,1-2H3,(H,23,29)(H,24,30)(H,25,26)(H,27,28). The molecule has 0 spiro atoms. The summed E-state index contributed by atoms with van der Waals surface area (Å²) in [7, 11) is 0. The highest BCUT2D eigenvalue weighted by Crippen LogP contribution is 2.21. The Kier molecular flexibility index (Phi) is 8.22. The quantitative estimate of drug-likeness (QED) is 0.341.